The summed E-state index contributed by atoms with van der Waals surface area (Å²) in [4.78, 5) is 69.0. The van der Waals surface area contributed by atoms with Gasteiger partial charge in [0.15, 0.2) is 0 Å². The average molecular weight is 976 g/mol. The van der Waals surface area contributed by atoms with Crippen LogP contribution in [0.1, 0.15) is 67.3 Å². The van der Waals surface area contributed by atoms with E-state index in [1.165, 1.54) is 37.1 Å². The highest BCUT2D eigenvalue weighted by atomic mass is 19.1. The SMILES string of the molecule is C=C1CCC(N2Cc3cc(N4CCN(C5CCN(CC6CCN(c7cc8nccc(Oc9ccc(NC(=O)C%10(C(=O)Nc%11ccc(F)cc%11)CC%10)cc9)c8cc7OC)CC6)CC5)CC4)ccc3C2=O)C(=O)N1. The number of carbonyl (C=O) groups is 4. The minimum absolute atomic E-state index is 0.0535. The van der Waals surface area contributed by atoms with Crippen molar-refractivity contribution in [2.24, 2.45) is 11.3 Å². The number of nitrogens with one attached hydrogen (secondary N) is 3. The van der Waals surface area contributed by atoms with Crippen molar-refractivity contribution in [3.8, 4) is 17.2 Å². The first-order chi connectivity index (χ1) is 35.0. The molecule has 6 heterocycles. The number of ether oxygens (including phenoxy) is 2. The minimum atomic E-state index is -1.16. The van der Waals surface area contributed by atoms with Gasteiger partial charge in [-0.15, -0.1) is 0 Å². The summed E-state index contributed by atoms with van der Waals surface area (Å²) >= 11 is 0. The number of fused-ring (bicyclic) bond motifs is 2. The number of benzene rings is 4. The first-order valence-electron chi connectivity index (χ1n) is 25.5. The fourth-order valence-corrected chi connectivity index (χ4v) is 11.5. The van der Waals surface area contributed by atoms with Gasteiger partial charge in [-0.25, -0.2) is 4.39 Å². The number of amides is 4. The van der Waals surface area contributed by atoms with E-state index in [4.69, 9.17) is 14.5 Å². The number of methoxy groups -OCH3 is 1. The number of carbonyl (C=O) groups excluding carboxylic acids is 4. The minimum Gasteiger partial charge on any atom is -0.495 e. The summed E-state index contributed by atoms with van der Waals surface area (Å²) in [7, 11) is 1.70. The molecule has 11 rings (SSSR count). The molecule has 72 heavy (non-hydrogen) atoms. The zero-order valence-electron chi connectivity index (χ0n) is 40.8. The molecule has 4 aromatic carbocycles. The molecule has 1 atom stereocenters. The lowest BCUT2D eigenvalue weighted by Crippen LogP contribution is -2.53. The highest BCUT2D eigenvalue weighted by Gasteiger charge is 2.56. The van der Waals surface area contributed by atoms with E-state index in [-0.39, 0.29) is 17.7 Å². The normalized spacial score (nSPS) is 20.8. The number of nitrogens with zero attached hydrogens (tertiary/aromatic N) is 6. The molecule has 4 saturated heterocycles. The highest BCUT2D eigenvalue weighted by Crippen LogP contribution is 2.48. The standard InChI is InChI=1S/C56H62FN9O6/c1-36-3-14-48(52(67)59-36)66-35-38-31-43(10-13-45(38)53(66)68)64-29-27-63(28-30-64)42-18-23-62(24-19-42)34-37-16-25-65(26-17-37)49-33-47-46(32-51(49)71-2)50(15-22-58-47)72-44-11-8-41(9-12-44)61-55(70)56(20-21-56)54(69)60-40-6-4-39(57)5-7-40/h4-13,15,22,31-33,37,42,48H,1,3,14,16-21,23-30,34-35H2,2H3,(H,59,67)(H,60,69)(H,61,70). The van der Waals surface area contributed by atoms with Gasteiger partial charge in [-0.3, -0.25) is 29.1 Å². The van der Waals surface area contributed by atoms with Gasteiger partial charge in [0.1, 0.15) is 34.5 Å². The smallest absolute Gasteiger partial charge is 0.255 e. The fourth-order valence-electron chi connectivity index (χ4n) is 11.5. The Morgan fingerprint density at radius 2 is 1.49 bits per heavy atom. The number of aromatic nitrogens is 1. The van der Waals surface area contributed by atoms with Gasteiger partial charge in [0, 0.05) is 98.3 Å². The molecule has 1 saturated carbocycles. The third kappa shape index (κ3) is 9.69. The monoisotopic (exact) mass is 975 g/mol. The third-order valence-electron chi connectivity index (χ3n) is 15.9. The van der Waals surface area contributed by atoms with Crippen molar-refractivity contribution >= 4 is 57.3 Å². The van der Waals surface area contributed by atoms with Gasteiger partial charge in [0.25, 0.3) is 5.91 Å². The molecule has 6 aliphatic rings. The second kappa shape index (κ2) is 19.9. The number of hydrogen-bond donors (Lipinski definition) is 3. The quantitative estimate of drug-likeness (QED) is 0.0993. The van der Waals surface area contributed by atoms with Gasteiger partial charge in [-0.2, -0.15) is 0 Å². The number of hydrogen-bond acceptors (Lipinski definition) is 11. The number of rotatable bonds is 13. The Morgan fingerprint density at radius 1 is 0.792 bits per heavy atom. The van der Waals surface area contributed by atoms with Crippen molar-refractivity contribution in [1.82, 2.24) is 25.0 Å². The maximum Gasteiger partial charge on any atom is 0.255 e. The predicted octanol–water partition coefficient (Wildman–Crippen LogP) is 7.78. The van der Waals surface area contributed by atoms with Crippen molar-refractivity contribution in [3.63, 3.8) is 0 Å². The van der Waals surface area contributed by atoms with Crippen LogP contribution in [0, 0.1) is 17.2 Å². The van der Waals surface area contributed by atoms with Crippen molar-refractivity contribution in [2.75, 3.05) is 86.4 Å². The molecule has 4 amide bonds. The number of likely N-dealkylation sites (tertiary alicyclic amines) is 1. The molecule has 16 heteroatoms. The molecule has 0 radical (unpaired) electrons. The van der Waals surface area contributed by atoms with E-state index in [0.29, 0.717) is 72.6 Å². The summed E-state index contributed by atoms with van der Waals surface area (Å²) in [5.74, 6) is 1.23. The van der Waals surface area contributed by atoms with E-state index < -0.39 is 23.2 Å². The van der Waals surface area contributed by atoms with Crippen molar-refractivity contribution in [2.45, 2.75) is 70.0 Å². The van der Waals surface area contributed by atoms with Gasteiger partial charge in [-0.1, -0.05) is 6.58 Å². The maximum atomic E-state index is 13.3. The van der Waals surface area contributed by atoms with Crippen LogP contribution in [0.2, 0.25) is 0 Å². The number of piperazine rings is 1. The molecular formula is C56H62FN9O6. The lowest BCUT2D eigenvalue weighted by atomic mass is 9.94. The maximum absolute atomic E-state index is 13.3. The average Bonchev–Trinajstić information content (AvgIpc) is 4.16. The van der Waals surface area contributed by atoms with Gasteiger partial charge in [0.05, 0.1) is 18.3 Å². The second-order valence-corrected chi connectivity index (χ2v) is 20.4. The molecule has 0 spiro atoms. The zero-order chi connectivity index (χ0) is 49.5. The molecule has 0 bridgehead atoms. The summed E-state index contributed by atoms with van der Waals surface area (Å²) in [6.45, 7) is 13.6. The molecule has 5 aliphatic heterocycles. The molecule has 1 aromatic heterocycles. The van der Waals surface area contributed by atoms with Crippen molar-refractivity contribution in [3.05, 3.63) is 120 Å². The van der Waals surface area contributed by atoms with Crippen molar-refractivity contribution < 1.29 is 33.0 Å². The van der Waals surface area contributed by atoms with E-state index >= 15 is 0 Å². The molecule has 1 unspecified atom stereocenters. The van der Waals surface area contributed by atoms with Gasteiger partial charge in [0.2, 0.25) is 17.7 Å². The third-order valence-corrected chi connectivity index (χ3v) is 15.9. The van der Waals surface area contributed by atoms with E-state index in [1.54, 1.807) is 42.5 Å². The molecule has 5 fully saturated rings. The van der Waals surface area contributed by atoms with Crippen molar-refractivity contribution in [1.29, 1.82) is 0 Å². The van der Waals surface area contributed by atoms with Crippen LogP contribution in [0.5, 0.6) is 17.2 Å². The summed E-state index contributed by atoms with van der Waals surface area (Å²) in [6.07, 6.45) is 8.53. The topological polar surface area (TPSA) is 152 Å². The van der Waals surface area contributed by atoms with Gasteiger partial charge < -0.3 is 45.0 Å². The summed E-state index contributed by atoms with van der Waals surface area (Å²) in [6, 6.07) is 24.8. The Kier molecular flexibility index (Phi) is 13.1. The van der Waals surface area contributed by atoms with E-state index in [9.17, 15) is 23.6 Å². The lowest BCUT2D eigenvalue weighted by Gasteiger charge is -2.44. The summed E-state index contributed by atoms with van der Waals surface area (Å²) < 4.78 is 25.7. The molecule has 3 N–H and O–H groups in total. The van der Waals surface area contributed by atoms with Gasteiger partial charge in [-0.05, 0) is 161 Å². The van der Waals surface area contributed by atoms with Crippen LogP contribution in [0.4, 0.5) is 27.1 Å². The Hall–Kier alpha value is -7.04. The Bertz CT molecular complexity index is 2890. The second-order valence-electron chi connectivity index (χ2n) is 20.4. The summed E-state index contributed by atoms with van der Waals surface area (Å²) in [5, 5.41) is 9.28. The van der Waals surface area contributed by atoms with Crippen LogP contribution in [0.25, 0.3) is 10.9 Å². The fraction of sp³-hybridized carbons (Fsp3) is 0.411. The molecule has 15 nitrogen and oxygen atoms in total. The number of anilines is 4. The Morgan fingerprint density at radius 3 is 2.15 bits per heavy atom. The highest BCUT2D eigenvalue weighted by molar-refractivity contribution is 6.17. The Labute approximate surface area is 419 Å². The van der Waals surface area contributed by atoms with Crippen LogP contribution in [-0.2, 0) is 20.9 Å². The Balaban J connectivity index is 0.631. The van der Waals surface area contributed by atoms with Crippen LogP contribution in [0.3, 0.4) is 0 Å². The van der Waals surface area contributed by atoms with E-state index in [1.807, 2.05) is 18.2 Å². The first kappa shape index (κ1) is 47.3. The van der Waals surface area contributed by atoms with Gasteiger partial charge >= 0.3 is 0 Å². The van der Waals surface area contributed by atoms with Crippen LogP contribution in [0.15, 0.2) is 103 Å². The van der Waals surface area contributed by atoms with Crippen LogP contribution >= 0.6 is 0 Å². The predicted molar refractivity (Wildman–Crippen MR) is 275 cm³/mol. The number of allylic oxidation sites excluding steroid dienone is 1. The molecule has 374 valence electrons. The number of pyridine rings is 1. The lowest BCUT2D eigenvalue weighted by molar-refractivity contribution is -0.131. The van der Waals surface area contributed by atoms with Crippen LogP contribution < -0.4 is 35.2 Å². The molecule has 5 aromatic rings. The largest absolute Gasteiger partial charge is 0.495 e. The summed E-state index contributed by atoms with van der Waals surface area (Å²) in [5.41, 5.74) is 5.25. The number of halogens is 1. The molecular weight excluding hydrogens is 914 g/mol. The first-order valence-corrected chi connectivity index (χ1v) is 25.5. The number of piperidine rings is 3. The van der Waals surface area contributed by atoms with E-state index in [0.717, 1.165) is 111 Å². The zero-order valence-corrected chi connectivity index (χ0v) is 40.8. The van der Waals surface area contributed by atoms with E-state index in [2.05, 4.69) is 60.3 Å². The molecule has 1 aliphatic carbocycles. The van der Waals surface area contributed by atoms with Crippen LogP contribution in [-0.4, -0.2) is 121 Å².